The van der Waals surface area contributed by atoms with Crippen molar-refractivity contribution >= 4 is 11.5 Å². The van der Waals surface area contributed by atoms with Crippen LogP contribution in [0.3, 0.4) is 0 Å². The Morgan fingerprint density at radius 2 is 1.94 bits per heavy atom. The lowest BCUT2D eigenvalue weighted by Gasteiger charge is -2.34. The molecule has 0 bridgehead atoms. The number of amidine groups is 1. The molecule has 2 unspecified atom stereocenters. The molecule has 1 saturated heterocycles. The molecular weight excluding hydrogens is 222 g/mol. The van der Waals surface area contributed by atoms with E-state index in [4.69, 9.17) is 11.1 Å². The highest BCUT2D eigenvalue weighted by molar-refractivity contribution is 6.00. The molecule has 2 aliphatic rings. The van der Waals surface area contributed by atoms with Crippen LogP contribution in [0.5, 0.6) is 0 Å². The standard InChI is InChI=1S/C15H21N3/c16-15(17)12-6-2-4-8-14(12)18-10-9-11-5-1-3-7-13(11)18/h2,4,6,8,11,13H,1,3,5,7,9-10H2,(H3,16,17). The Labute approximate surface area is 108 Å². The summed E-state index contributed by atoms with van der Waals surface area (Å²) in [5.41, 5.74) is 7.77. The highest BCUT2D eigenvalue weighted by atomic mass is 15.2. The van der Waals surface area contributed by atoms with E-state index >= 15 is 0 Å². The van der Waals surface area contributed by atoms with Crippen LogP contribution < -0.4 is 10.6 Å². The molecule has 3 N–H and O–H groups in total. The van der Waals surface area contributed by atoms with Gasteiger partial charge in [-0.05, 0) is 37.3 Å². The SMILES string of the molecule is N=C(N)c1ccccc1N1CCC2CCCCC21. The van der Waals surface area contributed by atoms with Gasteiger partial charge in [-0.15, -0.1) is 0 Å². The van der Waals surface area contributed by atoms with Gasteiger partial charge in [0, 0.05) is 23.8 Å². The fourth-order valence-corrected chi connectivity index (χ4v) is 3.66. The third kappa shape index (κ3) is 1.88. The maximum Gasteiger partial charge on any atom is 0.124 e. The van der Waals surface area contributed by atoms with Gasteiger partial charge in [-0.1, -0.05) is 25.0 Å². The summed E-state index contributed by atoms with van der Waals surface area (Å²) in [6, 6.07) is 8.79. The highest BCUT2D eigenvalue weighted by Crippen LogP contribution is 2.39. The molecule has 0 amide bonds. The van der Waals surface area contributed by atoms with E-state index in [-0.39, 0.29) is 5.84 Å². The van der Waals surface area contributed by atoms with E-state index in [1.54, 1.807) is 0 Å². The first-order valence-corrected chi connectivity index (χ1v) is 6.97. The Morgan fingerprint density at radius 1 is 1.17 bits per heavy atom. The Balaban J connectivity index is 1.93. The second-order valence-corrected chi connectivity index (χ2v) is 5.52. The van der Waals surface area contributed by atoms with Crippen LogP contribution in [-0.4, -0.2) is 18.4 Å². The van der Waals surface area contributed by atoms with Crippen LogP contribution in [0, 0.1) is 11.3 Å². The zero-order chi connectivity index (χ0) is 12.5. The molecule has 0 radical (unpaired) electrons. The molecule has 1 aliphatic carbocycles. The number of nitrogens with one attached hydrogen (secondary N) is 1. The van der Waals surface area contributed by atoms with Crippen LogP contribution in [0.1, 0.15) is 37.7 Å². The molecule has 1 saturated carbocycles. The predicted molar refractivity (Wildman–Crippen MR) is 75.2 cm³/mol. The highest BCUT2D eigenvalue weighted by Gasteiger charge is 2.36. The van der Waals surface area contributed by atoms with E-state index in [0.717, 1.165) is 18.0 Å². The third-order valence-electron chi connectivity index (χ3n) is 4.51. The Kier molecular flexibility index (Phi) is 2.98. The zero-order valence-corrected chi connectivity index (χ0v) is 10.7. The zero-order valence-electron chi connectivity index (χ0n) is 10.7. The van der Waals surface area contributed by atoms with Gasteiger partial charge in [-0.2, -0.15) is 0 Å². The number of anilines is 1. The maximum absolute atomic E-state index is 7.72. The fraction of sp³-hybridized carbons (Fsp3) is 0.533. The van der Waals surface area contributed by atoms with Gasteiger partial charge >= 0.3 is 0 Å². The quantitative estimate of drug-likeness (QED) is 0.620. The molecule has 3 nitrogen and oxygen atoms in total. The minimum atomic E-state index is 0.185. The summed E-state index contributed by atoms with van der Waals surface area (Å²) >= 11 is 0. The van der Waals surface area contributed by atoms with Crippen molar-refractivity contribution in [2.45, 2.75) is 38.1 Å². The lowest BCUT2D eigenvalue weighted by Crippen LogP contribution is -2.36. The monoisotopic (exact) mass is 243 g/mol. The Bertz CT molecular complexity index is 455. The van der Waals surface area contributed by atoms with Crippen molar-refractivity contribution in [2.75, 3.05) is 11.4 Å². The number of hydrogen-bond acceptors (Lipinski definition) is 2. The first-order valence-electron chi connectivity index (χ1n) is 6.97. The lowest BCUT2D eigenvalue weighted by molar-refractivity contribution is 0.342. The summed E-state index contributed by atoms with van der Waals surface area (Å²) in [6.45, 7) is 1.12. The first kappa shape index (κ1) is 11.6. The minimum Gasteiger partial charge on any atom is -0.384 e. The Hall–Kier alpha value is -1.51. The molecule has 1 aromatic rings. The van der Waals surface area contributed by atoms with E-state index in [9.17, 15) is 0 Å². The summed E-state index contributed by atoms with van der Waals surface area (Å²) in [4.78, 5) is 2.50. The normalized spacial score (nSPS) is 27.0. The minimum absolute atomic E-state index is 0.185. The average molecular weight is 243 g/mol. The first-order chi connectivity index (χ1) is 8.77. The van der Waals surface area contributed by atoms with Crippen molar-refractivity contribution < 1.29 is 0 Å². The van der Waals surface area contributed by atoms with E-state index in [2.05, 4.69) is 17.0 Å². The van der Waals surface area contributed by atoms with Crippen molar-refractivity contribution in [1.29, 1.82) is 5.41 Å². The van der Waals surface area contributed by atoms with E-state index in [1.807, 2.05) is 12.1 Å². The van der Waals surface area contributed by atoms with Crippen LogP contribution in [0.2, 0.25) is 0 Å². The third-order valence-corrected chi connectivity index (χ3v) is 4.51. The second-order valence-electron chi connectivity index (χ2n) is 5.52. The van der Waals surface area contributed by atoms with Crippen molar-refractivity contribution in [1.82, 2.24) is 0 Å². The van der Waals surface area contributed by atoms with Gasteiger partial charge in [0.05, 0.1) is 0 Å². The van der Waals surface area contributed by atoms with Gasteiger partial charge in [0.15, 0.2) is 0 Å². The van der Waals surface area contributed by atoms with E-state index < -0.39 is 0 Å². The summed E-state index contributed by atoms with van der Waals surface area (Å²) in [7, 11) is 0. The summed E-state index contributed by atoms with van der Waals surface area (Å²) in [5, 5.41) is 7.72. The number of nitrogen functional groups attached to an aromatic ring is 1. The molecule has 0 aromatic heterocycles. The molecule has 96 valence electrons. The molecule has 2 atom stereocenters. The lowest BCUT2D eigenvalue weighted by atomic mass is 9.85. The number of hydrogen-bond donors (Lipinski definition) is 2. The van der Waals surface area contributed by atoms with Gasteiger partial charge in [-0.25, -0.2) is 0 Å². The molecule has 1 heterocycles. The molecular formula is C15H21N3. The van der Waals surface area contributed by atoms with Crippen LogP contribution >= 0.6 is 0 Å². The molecule has 2 fully saturated rings. The van der Waals surface area contributed by atoms with Gasteiger partial charge in [-0.3, -0.25) is 5.41 Å². The van der Waals surface area contributed by atoms with Crippen molar-refractivity contribution in [3.8, 4) is 0 Å². The molecule has 18 heavy (non-hydrogen) atoms. The Morgan fingerprint density at radius 3 is 2.78 bits per heavy atom. The van der Waals surface area contributed by atoms with Gasteiger partial charge in [0.25, 0.3) is 0 Å². The molecule has 0 spiro atoms. The van der Waals surface area contributed by atoms with Gasteiger partial charge in [0.1, 0.15) is 5.84 Å². The number of nitrogens with zero attached hydrogens (tertiary/aromatic N) is 1. The van der Waals surface area contributed by atoms with Crippen LogP contribution in [-0.2, 0) is 0 Å². The number of para-hydroxylation sites is 1. The second kappa shape index (κ2) is 4.63. The predicted octanol–water partition coefficient (Wildman–Crippen LogP) is 2.74. The number of rotatable bonds is 2. The largest absolute Gasteiger partial charge is 0.384 e. The van der Waals surface area contributed by atoms with Crippen molar-refractivity contribution in [2.24, 2.45) is 11.7 Å². The van der Waals surface area contributed by atoms with E-state index in [1.165, 1.54) is 37.8 Å². The molecule has 1 aromatic carbocycles. The number of nitrogens with two attached hydrogens (primary N) is 1. The number of benzene rings is 1. The smallest absolute Gasteiger partial charge is 0.124 e. The molecule has 1 aliphatic heterocycles. The summed E-state index contributed by atoms with van der Waals surface area (Å²) in [5.74, 6) is 1.05. The molecule has 3 rings (SSSR count). The van der Waals surface area contributed by atoms with Crippen LogP contribution in [0.4, 0.5) is 5.69 Å². The van der Waals surface area contributed by atoms with Crippen molar-refractivity contribution in [3.05, 3.63) is 29.8 Å². The summed E-state index contributed by atoms with van der Waals surface area (Å²) < 4.78 is 0. The number of fused-ring (bicyclic) bond motifs is 1. The fourth-order valence-electron chi connectivity index (χ4n) is 3.66. The van der Waals surface area contributed by atoms with Crippen LogP contribution in [0.25, 0.3) is 0 Å². The maximum atomic E-state index is 7.72. The van der Waals surface area contributed by atoms with Crippen molar-refractivity contribution in [3.63, 3.8) is 0 Å². The summed E-state index contributed by atoms with van der Waals surface area (Å²) in [6.07, 6.45) is 6.72. The van der Waals surface area contributed by atoms with Gasteiger partial charge < -0.3 is 10.6 Å². The van der Waals surface area contributed by atoms with E-state index in [0.29, 0.717) is 6.04 Å². The average Bonchev–Trinajstić information content (AvgIpc) is 2.82. The topological polar surface area (TPSA) is 53.1 Å². The van der Waals surface area contributed by atoms with Crippen LogP contribution in [0.15, 0.2) is 24.3 Å². The van der Waals surface area contributed by atoms with Gasteiger partial charge in [0.2, 0.25) is 0 Å². The molecule has 3 heteroatoms.